The molecule has 2 amide bonds. The maximum absolute atomic E-state index is 13.3. The Kier molecular flexibility index (Phi) is 6.49. The molecule has 3 aromatic rings. The summed E-state index contributed by atoms with van der Waals surface area (Å²) in [4.78, 5) is 27.7. The zero-order chi connectivity index (χ0) is 23.4. The molecular formula is C26H23F3N2O2. The number of hydrogen-bond donors (Lipinski definition) is 1. The third kappa shape index (κ3) is 5.25. The number of halogens is 3. The maximum Gasteiger partial charge on any atom is 0.416 e. The molecule has 33 heavy (non-hydrogen) atoms. The minimum Gasteiger partial charge on any atom is -0.352 e. The van der Waals surface area contributed by atoms with Crippen LogP contribution in [0.25, 0.3) is 0 Å². The summed E-state index contributed by atoms with van der Waals surface area (Å²) in [5.41, 5.74) is 1.02. The molecule has 0 aliphatic carbocycles. The van der Waals surface area contributed by atoms with Gasteiger partial charge in [0.15, 0.2) is 0 Å². The molecule has 0 bridgehead atoms. The summed E-state index contributed by atoms with van der Waals surface area (Å²) in [6, 6.07) is 23.1. The molecule has 1 N–H and O–H groups in total. The van der Waals surface area contributed by atoms with Gasteiger partial charge >= 0.3 is 6.18 Å². The van der Waals surface area contributed by atoms with E-state index in [4.69, 9.17) is 0 Å². The van der Waals surface area contributed by atoms with Crippen LogP contribution in [0.2, 0.25) is 0 Å². The molecule has 7 heteroatoms. The average molecular weight is 452 g/mol. The van der Waals surface area contributed by atoms with Gasteiger partial charge in [0, 0.05) is 31.1 Å². The van der Waals surface area contributed by atoms with Gasteiger partial charge in [-0.2, -0.15) is 13.2 Å². The van der Waals surface area contributed by atoms with E-state index >= 15 is 0 Å². The van der Waals surface area contributed by atoms with Crippen LogP contribution in [-0.2, 0) is 17.5 Å². The van der Waals surface area contributed by atoms with Crippen LogP contribution in [0.4, 0.5) is 13.2 Å². The van der Waals surface area contributed by atoms with Crippen molar-refractivity contribution in [2.24, 2.45) is 5.92 Å². The highest BCUT2D eigenvalue weighted by Crippen LogP contribution is 2.37. The molecule has 0 radical (unpaired) electrons. The predicted octanol–water partition coefficient (Wildman–Crippen LogP) is 4.88. The van der Waals surface area contributed by atoms with Gasteiger partial charge in [0.1, 0.15) is 0 Å². The topological polar surface area (TPSA) is 49.4 Å². The van der Waals surface area contributed by atoms with Gasteiger partial charge < -0.3 is 10.2 Å². The van der Waals surface area contributed by atoms with Gasteiger partial charge in [-0.15, -0.1) is 0 Å². The molecule has 4 nitrogen and oxygen atoms in total. The Hall–Kier alpha value is -3.61. The van der Waals surface area contributed by atoms with Crippen molar-refractivity contribution in [3.8, 4) is 0 Å². The van der Waals surface area contributed by atoms with Crippen LogP contribution in [0.3, 0.4) is 0 Å². The number of amides is 2. The van der Waals surface area contributed by atoms with Gasteiger partial charge in [0.2, 0.25) is 5.91 Å². The van der Waals surface area contributed by atoms with E-state index in [-0.39, 0.29) is 24.9 Å². The first-order valence-corrected chi connectivity index (χ1v) is 10.7. The average Bonchev–Trinajstić information content (AvgIpc) is 3.28. The molecule has 0 aromatic heterocycles. The number of nitrogens with zero attached hydrogens (tertiary/aromatic N) is 1. The highest BCUT2D eigenvalue weighted by molar-refractivity contribution is 5.95. The second-order valence-electron chi connectivity index (χ2n) is 8.12. The van der Waals surface area contributed by atoms with E-state index in [9.17, 15) is 22.8 Å². The van der Waals surface area contributed by atoms with Gasteiger partial charge in [0.05, 0.1) is 11.5 Å². The molecular weight excluding hydrogens is 429 g/mol. The summed E-state index contributed by atoms with van der Waals surface area (Å²) in [6.45, 7) is 0.603. The molecule has 170 valence electrons. The molecule has 0 unspecified atom stereocenters. The molecule has 1 aliphatic heterocycles. The third-order valence-electron chi connectivity index (χ3n) is 5.92. The van der Waals surface area contributed by atoms with Crippen LogP contribution in [-0.4, -0.2) is 29.8 Å². The minimum absolute atomic E-state index is 0.134. The van der Waals surface area contributed by atoms with Crippen LogP contribution in [0.15, 0.2) is 84.9 Å². The monoisotopic (exact) mass is 452 g/mol. The fraction of sp³-hybridized carbons (Fsp3) is 0.231. The van der Waals surface area contributed by atoms with E-state index in [0.717, 1.165) is 17.7 Å². The summed E-state index contributed by atoms with van der Waals surface area (Å²) in [5.74, 6) is -1.74. The highest BCUT2D eigenvalue weighted by Gasteiger charge is 2.41. The van der Waals surface area contributed by atoms with E-state index in [0.29, 0.717) is 17.7 Å². The zero-order valence-electron chi connectivity index (χ0n) is 17.8. The third-order valence-corrected chi connectivity index (χ3v) is 5.92. The lowest BCUT2D eigenvalue weighted by Crippen LogP contribution is -2.35. The Morgan fingerprint density at radius 3 is 2.21 bits per heavy atom. The van der Waals surface area contributed by atoms with Crippen molar-refractivity contribution in [3.05, 3.63) is 107 Å². The molecule has 2 atom stereocenters. The lowest BCUT2D eigenvalue weighted by atomic mass is 9.87. The van der Waals surface area contributed by atoms with Crippen molar-refractivity contribution in [1.82, 2.24) is 10.2 Å². The number of carbonyl (C=O) groups excluding carboxylic acids is 2. The second-order valence-corrected chi connectivity index (χ2v) is 8.12. The van der Waals surface area contributed by atoms with Crippen LogP contribution < -0.4 is 5.32 Å². The van der Waals surface area contributed by atoms with Gasteiger partial charge in [-0.3, -0.25) is 9.59 Å². The normalized spacial score (nSPS) is 18.2. The smallest absolute Gasteiger partial charge is 0.352 e. The number of alkyl halides is 3. The predicted molar refractivity (Wildman–Crippen MR) is 118 cm³/mol. The van der Waals surface area contributed by atoms with Crippen LogP contribution in [0.5, 0.6) is 0 Å². The Bertz CT molecular complexity index is 1120. The fourth-order valence-electron chi connectivity index (χ4n) is 4.20. The summed E-state index contributed by atoms with van der Waals surface area (Å²) in [6.07, 6.45) is -4.49. The first kappa shape index (κ1) is 22.6. The van der Waals surface area contributed by atoms with Crippen molar-refractivity contribution in [2.45, 2.75) is 18.6 Å². The van der Waals surface area contributed by atoms with Gasteiger partial charge in [-0.05, 0) is 29.3 Å². The summed E-state index contributed by atoms with van der Waals surface area (Å²) < 4.78 is 39.9. The van der Waals surface area contributed by atoms with Crippen LogP contribution in [0, 0.1) is 5.92 Å². The SMILES string of the molecule is O=C(NCc1ccccc1)[C@H]1CN(C(=O)c2ccccc2)C[C@@H]1c1cccc(C(F)(F)F)c1. The Labute approximate surface area is 190 Å². The number of rotatable bonds is 5. The van der Waals surface area contributed by atoms with Crippen molar-refractivity contribution >= 4 is 11.8 Å². The lowest BCUT2D eigenvalue weighted by Gasteiger charge is -2.19. The summed E-state index contributed by atoms with van der Waals surface area (Å²) in [7, 11) is 0. The molecule has 3 aromatic carbocycles. The van der Waals surface area contributed by atoms with E-state index < -0.39 is 23.6 Å². The van der Waals surface area contributed by atoms with Crippen molar-refractivity contribution < 1.29 is 22.8 Å². The highest BCUT2D eigenvalue weighted by atomic mass is 19.4. The molecule has 1 aliphatic rings. The van der Waals surface area contributed by atoms with E-state index in [1.54, 1.807) is 41.3 Å². The number of carbonyl (C=O) groups is 2. The fourth-order valence-corrected chi connectivity index (χ4v) is 4.20. The van der Waals surface area contributed by atoms with Gasteiger partial charge in [0.25, 0.3) is 5.91 Å². The quantitative estimate of drug-likeness (QED) is 0.600. The minimum atomic E-state index is -4.49. The van der Waals surface area contributed by atoms with Crippen LogP contribution >= 0.6 is 0 Å². The van der Waals surface area contributed by atoms with Gasteiger partial charge in [-0.1, -0.05) is 66.7 Å². The zero-order valence-corrected chi connectivity index (χ0v) is 17.8. The first-order valence-electron chi connectivity index (χ1n) is 10.7. The largest absolute Gasteiger partial charge is 0.416 e. The summed E-state index contributed by atoms with van der Waals surface area (Å²) in [5, 5.41) is 2.89. The van der Waals surface area contributed by atoms with Crippen molar-refractivity contribution in [3.63, 3.8) is 0 Å². The van der Waals surface area contributed by atoms with Gasteiger partial charge in [-0.25, -0.2) is 0 Å². The Morgan fingerprint density at radius 1 is 0.879 bits per heavy atom. The van der Waals surface area contributed by atoms with Crippen molar-refractivity contribution in [2.75, 3.05) is 13.1 Å². The molecule has 1 fully saturated rings. The molecule has 0 spiro atoms. The number of nitrogens with one attached hydrogen (secondary N) is 1. The van der Waals surface area contributed by atoms with E-state index in [1.165, 1.54) is 6.07 Å². The standard InChI is InChI=1S/C26H23F3N2O2/c27-26(28,29)21-13-7-12-20(14-21)22-16-31(25(33)19-10-5-2-6-11-19)17-23(22)24(32)30-15-18-8-3-1-4-9-18/h1-14,22-23H,15-17H2,(H,30,32)/t22-,23+/m1/s1. The Balaban J connectivity index is 1.59. The lowest BCUT2D eigenvalue weighted by molar-refractivity contribution is -0.137. The van der Waals surface area contributed by atoms with E-state index in [1.807, 2.05) is 30.3 Å². The number of likely N-dealkylation sites (tertiary alicyclic amines) is 1. The van der Waals surface area contributed by atoms with Crippen molar-refractivity contribution in [1.29, 1.82) is 0 Å². The van der Waals surface area contributed by atoms with E-state index in [2.05, 4.69) is 5.32 Å². The number of benzene rings is 3. The molecule has 1 saturated heterocycles. The second kappa shape index (κ2) is 9.48. The molecule has 4 rings (SSSR count). The first-order chi connectivity index (χ1) is 15.8. The summed E-state index contributed by atoms with van der Waals surface area (Å²) >= 11 is 0. The number of hydrogen-bond acceptors (Lipinski definition) is 2. The van der Waals surface area contributed by atoms with Crippen LogP contribution in [0.1, 0.15) is 33.0 Å². The Morgan fingerprint density at radius 2 is 1.55 bits per heavy atom. The molecule has 0 saturated carbocycles. The maximum atomic E-state index is 13.3. The molecule has 1 heterocycles.